The molecule has 3 heteroatoms. The van der Waals surface area contributed by atoms with E-state index in [2.05, 4.69) is 6.58 Å². The number of hydrogen-bond donors (Lipinski definition) is 1. The van der Waals surface area contributed by atoms with Gasteiger partial charge in [0.05, 0.1) is 0 Å². The van der Waals surface area contributed by atoms with Crippen molar-refractivity contribution >= 4 is 5.91 Å². The predicted octanol–water partition coefficient (Wildman–Crippen LogP) is 1.40. The molecule has 14 heavy (non-hydrogen) atoms. The van der Waals surface area contributed by atoms with Gasteiger partial charge in [0.25, 0.3) is 0 Å². The van der Waals surface area contributed by atoms with Gasteiger partial charge in [-0.15, -0.1) is 6.58 Å². The summed E-state index contributed by atoms with van der Waals surface area (Å²) < 4.78 is 0. The van der Waals surface area contributed by atoms with Crippen LogP contribution in [-0.2, 0) is 4.79 Å². The third-order valence-electron chi connectivity index (χ3n) is 2.25. The summed E-state index contributed by atoms with van der Waals surface area (Å²) in [5.74, 6) is 0.469. The Morgan fingerprint density at radius 3 is 2.79 bits per heavy atom. The van der Waals surface area contributed by atoms with Crippen molar-refractivity contribution in [1.82, 2.24) is 4.90 Å². The first-order valence-corrected chi connectivity index (χ1v) is 5.16. The van der Waals surface area contributed by atoms with Crippen LogP contribution in [0.2, 0.25) is 0 Å². The van der Waals surface area contributed by atoms with Gasteiger partial charge >= 0.3 is 0 Å². The van der Waals surface area contributed by atoms with E-state index in [1.165, 1.54) is 0 Å². The fraction of sp³-hybridized carbons (Fsp3) is 0.727. The molecule has 3 nitrogen and oxygen atoms in total. The Bertz CT molecular complexity index is 180. The van der Waals surface area contributed by atoms with Gasteiger partial charge in [-0.05, 0) is 25.3 Å². The first-order valence-electron chi connectivity index (χ1n) is 5.16. The minimum Gasteiger partial charge on any atom is -0.346 e. The molecule has 0 fully saturated rings. The van der Waals surface area contributed by atoms with Crippen molar-refractivity contribution < 1.29 is 4.79 Å². The summed E-state index contributed by atoms with van der Waals surface area (Å²) in [6, 6.07) is 0. The van der Waals surface area contributed by atoms with Gasteiger partial charge in [0.15, 0.2) is 0 Å². The molecule has 0 aromatic rings. The summed E-state index contributed by atoms with van der Waals surface area (Å²) in [5, 5.41) is 0. The minimum absolute atomic E-state index is 0.187. The molecule has 0 saturated heterocycles. The Labute approximate surface area is 87.0 Å². The molecular formula is C11H22N2O. The highest BCUT2D eigenvalue weighted by molar-refractivity contribution is 5.76. The number of nitrogens with zero attached hydrogens (tertiary/aromatic N) is 1. The average molecular weight is 198 g/mol. The number of rotatable bonds is 7. The number of amides is 1. The summed E-state index contributed by atoms with van der Waals surface area (Å²) in [6.07, 6.45) is 4.38. The van der Waals surface area contributed by atoms with Gasteiger partial charge in [-0.2, -0.15) is 0 Å². The number of nitrogens with two attached hydrogens (primary N) is 1. The Hall–Kier alpha value is -0.830. The lowest BCUT2D eigenvalue weighted by Gasteiger charge is -2.18. The first-order chi connectivity index (χ1) is 6.61. The van der Waals surface area contributed by atoms with Gasteiger partial charge < -0.3 is 10.6 Å². The molecule has 0 aliphatic rings. The quantitative estimate of drug-likeness (QED) is 0.496. The van der Waals surface area contributed by atoms with Crippen LogP contribution in [0.15, 0.2) is 12.7 Å². The Kier molecular flexibility index (Phi) is 7.11. The lowest BCUT2D eigenvalue weighted by atomic mass is 10.1. The molecule has 0 aromatic heterocycles. The third-order valence-corrected chi connectivity index (χ3v) is 2.25. The molecule has 0 radical (unpaired) electrons. The summed E-state index contributed by atoms with van der Waals surface area (Å²) in [4.78, 5) is 13.3. The van der Waals surface area contributed by atoms with Crippen LogP contribution in [0.25, 0.3) is 0 Å². The maximum Gasteiger partial charge on any atom is 0.222 e. The highest BCUT2D eigenvalue weighted by atomic mass is 16.2. The van der Waals surface area contributed by atoms with E-state index >= 15 is 0 Å². The van der Waals surface area contributed by atoms with Crippen LogP contribution in [-0.4, -0.2) is 30.9 Å². The highest BCUT2D eigenvalue weighted by Gasteiger charge is 2.11. The summed E-state index contributed by atoms with van der Waals surface area (Å²) in [7, 11) is 1.84. The van der Waals surface area contributed by atoms with Crippen LogP contribution in [0, 0.1) is 5.92 Å². The summed E-state index contributed by atoms with van der Waals surface area (Å²) >= 11 is 0. The topological polar surface area (TPSA) is 46.3 Å². The molecule has 0 aromatic carbocycles. The van der Waals surface area contributed by atoms with E-state index in [1.54, 1.807) is 4.90 Å². The molecule has 0 saturated carbocycles. The number of unbranched alkanes of at least 4 members (excludes halogenated alkanes) is 1. The van der Waals surface area contributed by atoms with Crippen molar-refractivity contribution in [2.75, 3.05) is 20.1 Å². The summed E-state index contributed by atoms with van der Waals surface area (Å²) in [6.45, 7) is 7.02. The van der Waals surface area contributed by atoms with Gasteiger partial charge in [-0.25, -0.2) is 0 Å². The Morgan fingerprint density at radius 1 is 1.64 bits per heavy atom. The maximum atomic E-state index is 11.6. The molecule has 0 heterocycles. The Morgan fingerprint density at radius 2 is 2.29 bits per heavy atom. The monoisotopic (exact) mass is 198 g/mol. The zero-order valence-corrected chi connectivity index (χ0v) is 9.33. The van der Waals surface area contributed by atoms with E-state index < -0.39 is 0 Å². The van der Waals surface area contributed by atoms with Gasteiger partial charge in [-0.1, -0.05) is 13.0 Å². The first kappa shape index (κ1) is 13.2. The second-order valence-electron chi connectivity index (χ2n) is 3.79. The number of hydrogen-bond acceptors (Lipinski definition) is 2. The van der Waals surface area contributed by atoms with Gasteiger partial charge in [-0.3, -0.25) is 4.79 Å². The van der Waals surface area contributed by atoms with Crippen LogP contribution < -0.4 is 5.73 Å². The van der Waals surface area contributed by atoms with Gasteiger partial charge in [0.2, 0.25) is 5.91 Å². The van der Waals surface area contributed by atoms with E-state index in [0.29, 0.717) is 13.0 Å². The molecular weight excluding hydrogens is 176 g/mol. The van der Waals surface area contributed by atoms with Crippen molar-refractivity contribution in [3.63, 3.8) is 0 Å². The zero-order valence-electron chi connectivity index (χ0n) is 9.33. The lowest BCUT2D eigenvalue weighted by Crippen LogP contribution is -2.30. The molecule has 1 amide bonds. The average Bonchev–Trinajstić information content (AvgIpc) is 2.17. The Balaban J connectivity index is 3.69. The van der Waals surface area contributed by atoms with Crippen molar-refractivity contribution in [2.24, 2.45) is 11.7 Å². The predicted molar refractivity (Wildman–Crippen MR) is 59.9 cm³/mol. The van der Waals surface area contributed by atoms with E-state index in [4.69, 9.17) is 5.73 Å². The molecule has 0 aliphatic heterocycles. The third kappa shape index (κ3) is 5.75. The largest absolute Gasteiger partial charge is 0.346 e. The molecule has 1 atom stereocenters. The normalized spacial score (nSPS) is 12.2. The number of allylic oxidation sites excluding steroid dienone is 1. The number of carbonyl (C=O) groups is 1. The maximum absolute atomic E-state index is 11.6. The van der Waals surface area contributed by atoms with Crippen molar-refractivity contribution in [2.45, 2.75) is 26.2 Å². The molecule has 0 rings (SSSR count). The van der Waals surface area contributed by atoms with Gasteiger partial charge in [0.1, 0.15) is 0 Å². The molecule has 0 bridgehead atoms. The van der Waals surface area contributed by atoms with Crippen LogP contribution in [0.1, 0.15) is 26.2 Å². The standard InChI is InChI=1S/C11H22N2O/c1-4-5-6-7-13(3)11(14)8-10(2)9-12/h4,10H,1,5-9,12H2,2-3H3. The summed E-state index contributed by atoms with van der Waals surface area (Å²) in [5.41, 5.74) is 5.46. The fourth-order valence-electron chi connectivity index (χ4n) is 1.13. The van der Waals surface area contributed by atoms with Crippen molar-refractivity contribution in [3.05, 3.63) is 12.7 Å². The highest BCUT2D eigenvalue weighted by Crippen LogP contribution is 2.03. The molecule has 0 aliphatic carbocycles. The van der Waals surface area contributed by atoms with Crippen LogP contribution in [0.5, 0.6) is 0 Å². The number of carbonyl (C=O) groups excluding carboxylic acids is 1. The molecule has 82 valence electrons. The second kappa shape index (κ2) is 7.56. The van der Waals surface area contributed by atoms with Crippen LogP contribution in [0.4, 0.5) is 0 Å². The SMILES string of the molecule is C=CCCCN(C)C(=O)CC(C)CN. The molecule has 0 spiro atoms. The van der Waals surface area contributed by atoms with Crippen LogP contribution in [0.3, 0.4) is 0 Å². The lowest BCUT2D eigenvalue weighted by molar-refractivity contribution is -0.130. The van der Waals surface area contributed by atoms with E-state index in [9.17, 15) is 4.79 Å². The fourth-order valence-corrected chi connectivity index (χ4v) is 1.13. The molecule has 2 N–H and O–H groups in total. The van der Waals surface area contributed by atoms with E-state index in [1.807, 2.05) is 20.0 Å². The van der Waals surface area contributed by atoms with Crippen molar-refractivity contribution in [1.29, 1.82) is 0 Å². The second-order valence-corrected chi connectivity index (χ2v) is 3.79. The van der Waals surface area contributed by atoms with E-state index in [-0.39, 0.29) is 11.8 Å². The van der Waals surface area contributed by atoms with Gasteiger partial charge in [0, 0.05) is 20.0 Å². The van der Waals surface area contributed by atoms with Crippen LogP contribution >= 0.6 is 0 Å². The minimum atomic E-state index is 0.187. The molecule has 1 unspecified atom stereocenters. The zero-order chi connectivity index (χ0) is 11.0. The van der Waals surface area contributed by atoms with E-state index in [0.717, 1.165) is 19.4 Å². The smallest absolute Gasteiger partial charge is 0.222 e. The van der Waals surface area contributed by atoms with Crippen molar-refractivity contribution in [3.8, 4) is 0 Å².